The Hall–Kier alpha value is -3.16. The number of piperidine rings is 1. The summed E-state index contributed by atoms with van der Waals surface area (Å²) in [6, 6.07) is 11.2. The Morgan fingerprint density at radius 1 is 1.31 bits per heavy atom. The van der Waals surface area contributed by atoms with Gasteiger partial charge in [-0.1, -0.05) is 6.07 Å². The van der Waals surface area contributed by atoms with E-state index in [2.05, 4.69) is 25.5 Å². The molecule has 0 bridgehead atoms. The summed E-state index contributed by atoms with van der Waals surface area (Å²) in [5.41, 5.74) is 1.45. The van der Waals surface area contributed by atoms with Crippen molar-refractivity contribution in [2.45, 2.75) is 12.8 Å². The van der Waals surface area contributed by atoms with Crippen LogP contribution in [0.1, 0.15) is 12.8 Å². The first-order valence-corrected chi connectivity index (χ1v) is 8.60. The summed E-state index contributed by atoms with van der Waals surface area (Å²) in [4.78, 5) is 14.8. The number of amides is 1. The molecule has 26 heavy (non-hydrogen) atoms. The molecule has 1 aromatic carbocycles. The normalized spacial score (nSPS) is 17.3. The highest BCUT2D eigenvalue weighted by molar-refractivity contribution is 5.93. The molecule has 4 rings (SSSR count). The molecule has 1 fully saturated rings. The number of ether oxygens (including phenoxy) is 1. The summed E-state index contributed by atoms with van der Waals surface area (Å²) in [5, 5.41) is 15.3. The molecule has 134 valence electrons. The number of aromatic nitrogens is 4. The van der Waals surface area contributed by atoms with Crippen LogP contribution in [0.15, 0.2) is 42.7 Å². The molecule has 1 N–H and O–H groups in total. The molecule has 3 aromatic rings. The van der Waals surface area contributed by atoms with Gasteiger partial charge in [-0.15, -0.1) is 15.3 Å². The summed E-state index contributed by atoms with van der Waals surface area (Å²) in [7, 11) is 1.61. The Balaban J connectivity index is 1.46. The van der Waals surface area contributed by atoms with E-state index >= 15 is 0 Å². The number of fused-ring (bicyclic) bond motifs is 1. The van der Waals surface area contributed by atoms with Crippen molar-refractivity contribution >= 4 is 23.1 Å². The third-order valence-electron chi connectivity index (χ3n) is 4.60. The van der Waals surface area contributed by atoms with Gasteiger partial charge in [-0.2, -0.15) is 4.52 Å². The van der Waals surface area contributed by atoms with Crippen molar-refractivity contribution in [1.29, 1.82) is 0 Å². The zero-order valence-electron chi connectivity index (χ0n) is 14.5. The molecule has 3 heterocycles. The predicted molar refractivity (Wildman–Crippen MR) is 97.3 cm³/mol. The van der Waals surface area contributed by atoms with Gasteiger partial charge < -0.3 is 15.0 Å². The maximum absolute atomic E-state index is 12.7. The quantitative estimate of drug-likeness (QED) is 0.773. The Morgan fingerprint density at radius 3 is 3.12 bits per heavy atom. The molecule has 8 nitrogen and oxygen atoms in total. The van der Waals surface area contributed by atoms with Gasteiger partial charge >= 0.3 is 0 Å². The minimum atomic E-state index is -0.0895. The van der Waals surface area contributed by atoms with E-state index in [1.807, 2.05) is 36.4 Å². The van der Waals surface area contributed by atoms with Crippen LogP contribution in [-0.4, -0.2) is 45.9 Å². The predicted octanol–water partition coefficient (Wildman–Crippen LogP) is 1.99. The van der Waals surface area contributed by atoms with E-state index in [9.17, 15) is 4.79 Å². The molecular formula is C18H20N6O2. The third kappa shape index (κ3) is 3.30. The second kappa shape index (κ2) is 6.99. The van der Waals surface area contributed by atoms with Crippen LogP contribution in [0.5, 0.6) is 5.75 Å². The average Bonchev–Trinajstić information content (AvgIpc) is 3.16. The third-order valence-corrected chi connectivity index (χ3v) is 4.60. The van der Waals surface area contributed by atoms with Gasteiger partial charge in [0.2, 0.25) is 5.91 Å². The van der Waals surface area contributed by atoms with Gasteiger partial charge in [0, 0.05) is 24.8 Å². The van der Waals surface area contributed by atoms with Crippen molar-refractivity contribution in [3.05, 3.63) is 42.7 Å². The van der Waals surface area contributed by atoms with E-state index in [0.29, 0.717) is 12.2 Å². The van der Waals surface area contributed by atoms with Gasteiger partial charge in [0.15, 0.2) is 5.65 Å². The Labute approximate surface area is 150 Å². The van der Waals surface area contributed by atoms with Gasteiger partial charge in [-0.05, 0) is 37.1 Å². The largest absolute Gasteiger partial charge is 0.497 e. The lowest BCUT2D eigenvalue weighted by atomic mass is 9.97. The molecule has 0 saturated carbocycles. The fourth-order valence-corrected chi connectivity index (χ4v) is 3.23. The standard InChI is InChI=1S/C18H20N6O2/c1-26-15-6-2-5-14(10-15)20-18(25)13-4-3-9-23(11-13)17-8-7-16-21-19-12-24(16)22-17/h2,5-8,10,12-13H,3-4,9,11H2,1H3,(H,20,25)/t13-/m1/s1. The van der Waals surface area contributed by atoms with Gasteiger partial charge in [0.25, 0.3) is 0 Å². The van der Waals surface area contributed by atoms with E-state index in [1.54, 1.807) is 18.0 Å². The lowest BCUT2D eigenvalue weighted by Gasteiger charge is -2.32. The molecule has 1 aliphatic heterocycles. The molecule has 1 atom stereocenters. The molecule has 0 radical (unpaired) electrons. The first-order valence-electron chi connectivity index (χ1n) is 8.60. The minimum Gasteiger partial charge on any atom is -0.497 e. The fourth-order valence-electron chi connectivity index (χ4n) is 3.23. The van der Waals surface area contributed by atoms with E-state index in [0.717, 1.165) is 36.6 Å². The highest BCUT2D eigenvalue weighted by Crippen LogP contribution is 2.24. The summed E-state index contributed by atoms with van der Waals surface area (Å²) in [5.74, 6) is 1.48. The van der Waals surface area contributed by atoms with Crippen LogP contribution in [0.3, 0.4) is 0 Å². The topological polar surface area (TPSA) is 84.6 Å². The van der Waals surface area contributed by atoms with Crippen LogP contribution in [-0.2, 0) is 4.79 Å². The first kappa shape index (κ1) is 16.3. The van der Waals surface area contributed by atoms with E-state index in [4.69, 9.17) is 4.74 Å². The van der Waals surface area contributed by atoms with Crippen molar-refractivity contribution in [3.8, 4) is 5.75 Å². The zero-order chi connectivity index (χ0) is 17.9. The molecule has 2 aromatic heterocycles. The van der Waals surface area contributed by atoms with Crippen molar-refractivity contribution in [3.63, 3.8) is 0 Å². The Morgan fingerprint density at radius 2 is 2.23 bits per heavy atom. The van der Waals surface area contributed by atoms with Crippen LogP contribution < -0.4 is 15.0 Å². The van der Waals surface area contributed by atoms with Crippen molar-refractivity contribution in [1.82, 2.24) is 19.8 Å². The number of hydrogen-bond donors (Lipinski definition) is 1. The van der Waals surface area contributed by atoms with Crippen LogP contribution in [0.25, 0.3) is 5.65 Å². The number of benzene rings is 1. The second-order valence-electron chi connectivity index (χ2n) is 6.33. The number of carbonyl (C=O) groups excluding carboxylic acids is 1. The first-order chi connectivity index (χ1) is 12.7. The number of carbonyl (C=O) groups is 1. The second-order valence-corrected chi connectivity index (χ2v) is 6.33. The van der Waals surface area contributed by atoms with Gasteiger partial charge in [-0.25, -0.2) is 0 Å². The number of hydrogen-bond acceptors (Lipinski definition) is 6. The SMILES string of the molecule is COc1cccc(NC(=O)[C@@H]2CCCN(c3ccc4nncn4n3)C2)c1. The molecular weight excluding hydrogens is 332 g/mol. The average molecular weight is 352 g/mol. The molecule has 1 amide bonds. The monoisotopic (exact) mass is 352 g/mol. The number of methoxy groups -OCH3 is 1. The smallest absolute Gasteiger partial charge is 0.229 e. The van der Waals surface area contributed by atoms with Gasteiger partial charge in [0.05, 0.1) is 13.0 Å². The van der Waals surface area contributed by atoms with Crippen molar-refractivity contribution in [2.75, 3.05) is 30.4 Å². The maximum Gasteiger partial charge on any atom is 0.229 e. The number of rotatable bonds is 4. The molecule has 0 spiro atoms. The molecule has 0 unspecified atom stereocenters. The van der Waals surface area contributed by atoms with Crippen LogP contribution in [0, 0.1) is 5.92 Å². The van der Waals surface area contributed by atoms with E-state index in [1.165, 1.54) is 0 Å². The minimum absolute atomic E-state index is 0.0216. The Bertz CT molecular complexity index is 925. The Kier molecular flexibility index (Phi) is 4.39. The number of anilines is 2. The zero-order valence-corrected chi connectivity index (χ0v) is 14.5. The summed E-state index contributed by atoms with van der Waals surface area (Å²) in [6.45, 7) is 1.51. The van der Waals surface area contributed by atoms with E-state index < -0.39 is 0 Å². The fraction of sp³-hybridized carbons (Fsp3) is 0.333. The van der Waals surface area contributed by atoms with Crippen molar-refractivity contribution < 1.29 is 9.53 Å². The van der Waals surface area contributed by atoms with Gasteiger partial charge in [-0.3, -0.25) is 4.79 Å². The highest BCUT2D eigenvalue weighted by Gasteiger charge is 2.27. The molecule has 1 aliphatic rings. The summed E-state index contributed by atoms with van der Waals surface area (Å²) in [6.07, 6.45) is 3.38. The molecule has 8 heteroatoms. The van der Waals surface area contributed by atoms with Crippen LogP contribution in [0.4, 0.5) is 11.5 Å². The van der Waals surface area contributed by atoms with E-state index in [-0.39, 0.29) is 11.8 Å². The maximum atomic E-state index is 12.7. The number of nitrogens with one attached hydrogen (secondary N) is 1. The lowest BCUT2D eigenvalue weighted by molar-refractivity contribution is -0.120. The molecule has 1 saturated heterocycles. The van der Waals surface area contributed by atoms with Crippen molar-refractivity contribution in [2.24, 2.45) is 5.92 Å². The summed E-state index contributed by atoms with van der Waals surface area (Å²) < 4.78 is 6.85. The van der Waals surface area contributed by atoms with Gasteiger partial charge in [0.1, 0.15) is 17.9 Å². The summed E-state index contributed by atoms with van der Waals surface area (Å²) >= 11 is 0. The number of nitrogens with zero attached hydrogens (tertiary/aromatic N) is 5. The van der Waals surface area contributed by atoms with Crippen LogP contribution >= 0.6 is 0 Å². The lowest BCUT2D eigenvalue weighted by Crippen LogP contribution is -2.41. The molecule has 0 aliphatic carbocycles. The highest BCUT2D eigenvalue weighted by atomic mass is 16.5. The van der Waals surface area contributed by atoms with Crippen LogP contribution in [0.2, 0.25) is 0 Å².